The van der Waals surface area contributed by atoms with Crippen molar-refractivity contribution in [2.75, 3.05) is 24.7 Å². The van der Waals surface area contributed by atoms with Gasteiger partial charge in [0.1, 0.15) is 30.5 Å². The summed E-state index contributed by atoms with van der Waals surface area (Å²) in [4.78, 5) is 45.1. The fraction of sp³-hybridized carbons (Fsp3) is 0.185. The topological polar surface area (TPSA) is 115 Å². The quantitative estimate of drug-likeness (QED) is 0.152. The number of aliphatic hydroxyl groups is 1. The van der Waals surface area contributed by atoms with Gasteiger partial charge in [-0.3, -0.25) is 14.5 Å². The van der Waals surface area contributed by atoms with Crippen molar-refractivity contribution in [1.29, 1.82) is 0 Å². The van der Waals surface area contributed by atoms with E-state index in [2.05, 4.69) is 11.6 Å². The summed E-state index contributed by atoms with van der Waals surface area (Å²) in [5.74, 6) is -1.93. The van der Waals surface area contributed by atoms with Gasteiger partial charge < -0.3 is 19.3 Å². The van der Waals surface area contributed by atoms with Crippen molar-refractivity contribution in [3.63, 3.8) is 0 Å². The number of carbonyl (C=O) groups is 3. The van der Waals surface area contributed by atoms with E-state index in [9.17, 15) is 19.5 Å². The van der Waals surface area contributed by atoms with Crippen LogP contribution >= 0.6 is 22.9 Å². The van der Waals surface area contributed by atoms with E-state index < -0.39 is 29.5 Å². The molecule has 1 saturated heterocycles. The fourth-order valence-corrected chi connectivity index (χ4v) is 5.43. The van der Waals surface area contributed by atoms with Crippen LogP contribution in [0.4, 0.5) is 5.13 Å². The summed E-state index contributed by atoms with van der Waals surface area (Å²) < 4.78 is 16.3. The molecule has 3 aromatic rings. The number of aromatic nitrogens is 1. The average molecular weight is 553 g/mol. The van der Waals surface area contributed by atoms with E-state index in [-0.39, 0.29) is 27.8 Å². The molecule has 0 spiro atoms. The molecule has 2 aliphatic heterocycles. The smallest absolute Gasteiger partial charge is 0.350 e. The number of halogens is 1. The highest BCUT2D eigenvalue weighted by atomic mass is 35.5. The van der Waals surface area contributed by atoms with Gasteiger partial charge in [-0.15, -0.1) is 0 Å². The van der Waals surface area contributed by atoms with Gasteiger partial charge >= 0.3 is 11.9 Å². The Balaban J connectivity index is 1.65. The zero-order valence-corrected chi connectivity index (χ0v) is 21.7. The Hall–Kier alpha value is -4.15. The van der Waals surface area contributed by atoms with E-state index in [0.29, 0.717) is 41.0 Å². The van der Waals surface area contributed by atoms with Crippen LogP contribution in [-0.4, -0.2) is 47.6 Å². The summed E-state index contributed by atoms with van der Waals surface area (Å²) in [6, 6.07) is 10.3. The van der Waals surface area contributed by atoms with Crippen molar-refractivity contribution in [1.82, 2.24) is 4.98 Å². The molecule has 1 fully saturated rings. The van der Waals surface area contributed by atoms with Crippen molar-refractivity contribution >= 4 is 51.5 Å². The molecule has 5 rings (SSSR count). The second-order valence-corrected chi connectivity index (χ2v) is 9.79. The molecule has 0 bridgehead atoms. The van der Waals surface area contributed by atoms with Crippen LogP contribution < -0.4 is 14.4 Å². The maximum atomic E-state index is 13.4. The number of aliphatic hydroxyl groups excluding tert-OH is 1. The Morgan fingerprint density at radius 1 is 1.24 bits per heavy atom. The van der Waals surface area contributed by atoms with E-state index in [1.165, 1.54) is 11.0 Å². The minimum absolute atomic E-state index is 0.00800. The number of anilines is 1. The number of ketones is 1. The van der Waals surface area contributed by atoms with Gasteiger partial charge in [0.05, 0.1) is 17.3 Å². The molecular weight excluding hydrogens is 532 g/mol. The van der Waals surface area contributed by atoms with Gasteiger partial charge in [0.15, 0.2) is 16.6 Å². The Bertz CT molecular complexity index is 1510. The number of hydrogen-bond donors (Lipinski definition) is 1. The summed E-state index contributed by atoms with van der Waals surface area (Å²) in [6.45, 7) is 5.87. The lowest BCUT2D eigenvalue weighted by Gasteiger charge is -2.23. The number of esters is 1. The van der Waals surface area contributed by atoms with Crippen LogP contribution in [-0.2, 0) is 14.3 Å². The van der Waals surface area contributed by atoms with Crippen LogP contribution in [0.25, 0.3) is 5.76 Å². The van der Waals surface area contributed by atoms with Gasteiger partial charge in [0, 0.05) is 10.6 Å². The largest absolute Gasteiger partial charge is 0.507 e. The lowest BCUT2D eigenvalue weighted by atomic mass is 9.95. The maximum Gasteiger partial charge on any atom is 0.350 e. The second-order valence-electron chi connectivity index (χ2n) is 8.38. The monoisotopic (exact) mass is 552 g/mol. The standard InChI is InChI=1S/C27H21ClN2O7S/c1-3-9-37-26(34)24-14(2)29-27(38-24)30-21(15-5-4-6-17(28)12-15)20(23(32)25(30)33)22(31)16-7-8-18-19(13-16)36-11-10-35-18/h3-8,12-13,21,31H,1,9-11H2,2H3/b22-20-. The molecule has 1 unspecified atom stereocenters. The number of fused-ring (bicyclic) bond motifs is 1. The van der Waals surface area contributed by atoms with Gasteiger partial charge in [0.25, 0.3) is 5.78 Å². The Labute approximate surface area is 226 Å². The summed E-state index contributed by atoms with van der Waals surface area (Å²) in [5, 5.41) is 11.8. The first-order valence-corrected chi connectivity index (χ1v) is 12.7. The van der Waals surface area contributed by atoms with E-state index in [4.69, 9.17) is 25.8 Å². The van der Waals surface area contributed by atoms with E-state index in [1.807, 2.05) is 0 Å². The zero-order chi connectivity index (χ0) is 27.0. The van der Waals surface area contributed by atoms with Crippen molar-refractivity contribution in [2.45, 2.75) is 13.0 Å². The number of amides is 1. The highest BCUT2D eigenvalue weighted by molar-refractivity contribution is 7.17. The number of thiazole rings is 1. The van der Waals surface area contributed by atoms with Crippen molar-refractivity contribution in [3.05, 3.63) is 87.4 Å². The molecule has 11 heteroatoms. The first kappa shape index (κ1) is 25.5. The molecule has 1 N–H and O–H groups in total. The molecule has 1 aromatic heterocycles. The molecule has 1 amide bonds. The van der Waals surface area contributed by atoms with E-state index in [0.717, 1.165) is 11.3 Å². The van der Waals surface area contributed by atoms with E-state index in [1.54, 1.807) is 49.4 Å². The van der Waals surface area contributed by atoms with Crippen LogP contribution in [0.3, 0.4) is 0 Å². The normalized spacial score (nSPS) is 17.9. The second kappa shape index (κ2) is 10.3. The van der Waals surface area contributed by atoms with E-state index >= 15 is 0 Å². The molecule has 0 aliphatic carbocycles. The third-order valence-electron chi connectivity index (χ3n) is 5.93. The van der Waals surface area contributed by atoms with Crippen LogP contribution in [0.2, 0.25) is 5.02 Å². The summed E-state index contributed by atoms with van der Waals surface area (Å²) >= 11 is 7.16. The van der Waals surface area contributed by atoms with Crippen molar-refractivity contribution in [2.24, 2.45) is 0 Å². The molecule has 3 heterocycles. The molecule has 0 radical (unpaired) electrons. The summed E-state index contributed by atoms with van der Waals surface area (Å²) in [6.07, 6.45) is 1.44. The number of Topliss-reactive ketones (excluding diaryl/α,β-unsaturated/α-hetero) is 1. The highest BCUT2D eigenvalue weighted by Crippen LogP contribution is 2.45. The molecule has 9 nitrogen and oxygen atoms in total. The van der Waals surface area contributed by atoms with Gasteiger partial charge in [-0.25, -0.2) is 9.78 Å². The number of carbonyl (C=O) groups excluding carboxylic acids is 3. The third kappa shape index (κ3) is 4.52. The first-order chi connectivity index (χ1) is 18.3. The predicted octanol–water partition coefficient (Wildman–Crippen LogP) is 4.85. The van der Waals surface area contributed by atoms with Crippen LogP contribution in [0.15, 0.2) is 60.7 Å². The fourth-order valence-electron chi connectivity index (χ4n) is 4.24. The number of aryl methyl sites for hydroxylation is 1. The number of hydrogen-bond acceptors (Lipinski definition) is 9. The van der Waals surface area contributed by atoms with Crippen LogP contribution in [0.5, 0.6) is 11.5 Å². The molecule has 194 valence electrons. The summed E-state index contributed by atoms with van der Waals surface area (Å²) in [7, 11) is 0. The van der Waals surface area contributed by atoms with Gasteiger partial charge in [-0.1, -0.05) is 47.7 Å². The average Bonchev–Trinajstić information content (AvgIpc) is 3.43. The van der Waals surface area contributed by atoms with Crippen molar-refractivity contribution < 1.29 is 33.7 Å². The lowest BCUT2D eigenvalue weighted by molar-refractivity contribution is -0.132. The lowest BCUT2D eigenvalue weighted by Crippen LogP contribution is -2.29. The number of benzene rings is 2. The summed E-state index contributed by atoms with van der Waals surface area (Å²) in [5.41, 5.74) is 0.915. The molecule has 2 aliphatic rings. The Morgan fingerprint density at radius 2 is 2.00 bits per heavy atom. The molecule has 0 saturated carbocycles. The number of nitrogens with zero attached hydrogens (tertiary/aromatic N) is 2. The maximum absolute atomic E-state index is 13.4. The Morgan fingerprint density at radius 3 is 2.74 bits per heavy atom. The number of ether oxygens (including phenoxy) is 3. The first-order valence-electron chi connectivity index (χ1n) is 11.5. The van der Waals surface area contributed by atoms with Gasteiger partial charge in [0.2, 0.25) is 0 Å². The molecule has 2 aromatic carbocycles. The number of rotatable bonds is 6. The Kier molecular flexibility index (Phi) is 6.92. The molecular formula is C27H21ClN2O7S. The minimum Gasteiger partial charge on any atom is -0.507 e. The zero-order valence-electron chi connectivity index (χ0n) is 20.1. The molecule has 1 atom stereocenters. The van der Waals surface area contributed by atoms with Crippen molar-refractivity contribution in [3.8, 4) is 11.5 Å². The van der Waals surface area contributed by atoms with Gasteiger partial charge in [-0.2, -0.15) is 0 Å². The molecule has 38 heavy (non-hydrogen) atoms. The minimum atomic E-state index is -1.07. The predicted molar refractivity (Wildman–Crippen MR) is 141 cm³/mol. The third-order valence-corrected chi connectivity index (χ3v) is 7.31. The van der Waals surface area contributed by atoms with Gasteiger partial charge in [-0.05, 0) is 42.8 Å². The van der Waals surface area contributed by atoms with Crippen LogP contribution in [0.1, 0.15) is 32.5 Å². The SMILES string of the molecule is C=CCOC(=O)c1sc(N2C(=O)C(=O)/C(=C(\O)c3ccc4c(c3)OCCO4)C2c2cccc(Cl)c2)nc1C. The van der Waals surface area contributed by atoms with Crippen LogP contribution in [0, 0.1) is 6.92 Å². The highest BCUT2D eigenvalue weighted by Gasteiger charge is 2.48.